The van der Waals surface area contributed by atoms with Crippen molar-refractivity contribution in [3.8, 4) is 5.75 Å². The van der Waals surface area contributed by atoms with Crippen molar-refractivity contribution in [2.24, 2.45) is 0 Å². The average Bonchev–Trinajstić information content (AvgIpc) is 3.15. The highest BCUT2D eigenvalue weighted by atomic mass is 16.5. The van der Waals surface area contributed by atoms with Crippen molar-refractivity contribution in [3.63, 3.8) is 0 Å². The number of methoxy groups -OCH3 is 1. The number of piperidine rings is 1. The number of likely N-dealkylation sites (tertiary alicyclic amines) is 1. The average molecular weight is 325 g/mol. The van der Waals surface area contributed by atoms with E-state index in [0.29, 0.717) is 6.04 Å². The van der Waals surface area contributed by atoms with Gasteiger partial charge < -0.3 is 9.30 Å². The van der Waals surface area contributed by atoms with Crippen molar-refractivity contribution in [3.05, 3.63) is 54.6 Å². The monoisotopic (exact) mass is 325 g/mol. The van der Waals surface area contributed by atoms with Crippen molar-refractivity contribution < 1.29 is 4.74 Å². The first-order valence-corrected chi connectivity index (χ1v) is 8.86. The van der Waals surface area contributed by atoms with Gasteiger partial charge in [0.1, 0.15) is 5.75 Å². The third-order valence-electron chi connectivity index (χ3n) is 4.81. The summed E-state index contributed by atoms with van der Waals surface area (Å²) >= 11 is 0. The largest absolute Gasteiger partial charge is 0.496 e. The first kappa shape index (κ1) is 16.8. The van der Waals surface area contributed by atoms with Crippen LogP contribution in [-0.2, 0) is 6.54 Å². The van der Waals surface area contributed by atoms with E-state index in [2.05, 4.69) is 44.9 Å². The number of aromatic nitrogens is 2. The molecule has 0 N–H and O–H groups in total. The lowest BCUT2D eigenvalue weighted by molar-refractivity contribution is 0.152. The second-order valence-corrected chi connectivity index (χ2v) is 6.38. The summed E-state index contributed by atoms with van der Waals surface area (Å²) < 4.78 is 7.59. The molecule has 1 fully saturated rings. The molecule has 1 aliphatic rings. The van der Waals surface area contributed by atoms with Crippen molar-refractivity contribution in [1.29, 1.82) is 0 Å². The molecule has 0 saturated carbocycles. The van der Waals surface area contributed by atoms with Gasteiger partial charge in [0.25, 0.3) is 0 Å². The first-order chi connectivity index (χ1) is 11.9. The lowest BCUT2D eigenvalue weighted by Gasteiger charge is -2.35. The van der Waals surface area contributed by atoms with E-state index < -0.39 is 0 Å². The minimum Gasteiger partial charge on any atom is -0.496 e. The van der Waals surface area contributed by atoms with Gasteiger partial charge in [-0.3, -0.25) is 4.90 Å². The topological polar surface area (TPSA) is 30.3 Å². The van der Waals surface area contributed by atoms with Gasteiger partial charge in [0.2, 0.25) is 0 Å². The van der Waals surface area contributed by atoms with E-state index in [-0.39, 0.29) is 0 Å². The Balaban J connectivity index is 1.56. The highest BCUT2D eigenvalue weighted by Gasteiger charge is 2.20. The molecule has 2 aromatic rings. The molecule has 1 atom stereocenters. The summed E-state index contributed by atoms with van der Waals surface area (Å²) in [6, 6.07) is 8.84. The second kappa shape index (κ2) is 8.69. The van der Waals surface area contributed by atoms with E-state index in [1.54, 1.807) is 7.11 Å². The van der Waals surface area contributed by atoms with Gasteiger partial charge in [-0.2, -0.15) is 0 Å². The van der Waals surface area contributed by atoms with Gasteiger partial charge in [0, 0.05) is 37.1 Å². The summed E-state index contributed by atoms with van der Waals surface area (Å²) in [6.45, 7) is 3.26. The van der Waals surface area contributed by atoms with E-state index in [9.17, 15) is 0 Å². The zero-order valence-corrected chi connectivity index (χ0v) is 14.5. The third-order valence-corrected chi connectivity index (χ3v) is 4.81. The fraction of sp³-hybridized carbons (Fsp3) is 0.450. The standard InChI is InChI=1S/C20H27N3O/c1-24-20-10-3-2-7-18(20)8-6-14-23-13-5-4-9-19(23)11-15-22-16-12-21-17-22/h2-3,6-8,10,12,16-17,19H,4-5,9,11,13-15H2,1H3/b8-6+/t19-/m1/s1. The van der Waals surface area contributed by atoms with Crippen LogP contribution in [0.4, 0.5) is 0 Å². The van der Waals surface area contributed by atoms with Crippen LogP contribution in [0.25, 0.3) is 6.08 Å². The van der Waals surface area contributed by atoms with Gasteiger partial charge in [-0.1, -0.05) is 36.8 Å². The number of para-hydroxylation sites is 1. The van der Waals surface area contributed by atoms with E-state index >= 15 is 0 Å². The molecular formula is C20H27N3O. The molecule has 0 spiro atoms. The van der Waals surface area contributed by atoms with Crippen molar-refractivity contribution in [1.82, 2.24) is 14.5 Å². The van der Waals surface area contributed by atoms with Crippen LogP contribution in [0.2, 0.25) is 0 Å². The van der Waals surface area contributed by atoms with Crippen LogP contribution in [0.5, 0.6) is 5.75 Å². The molecule has 1 aromatic carbocycles. The van der Waals surface area contributed by atoms with Gasteiger partial charge in [0.15, 0.2) is 0 Å². The minimum atomic E-state index is 0.670. The highest BCUT2D eigenvalue weighted by Crippen LogP contribution is 2.22. The maximum Gasteiger partial charge on any atom is 0.126 e. The molecular weight excluding hydrogens is 298 g/mol. The maximum atomic E-state index is 5.42. The van der Waals surface area contributed by atoms with E-state index in [1.165, 1.54) is 32.2 Å². The predicted octanol–water partition coefficient (Wildman–Crippen LogP) is 3.85. The molecule has 2 heterocycles. The lowest BCUT2D eigenvalue weighted by Crippen LogP contribution is -2.40. The summed E-state index contributed by atoms with van der Waals surface area (Å²) in [5.74, 6) is 0.934. The smallest absolute Gasteiger partial charge is 0.126 e. The molecule has 1 aromatic heterocycles. The number of nitrogens with zero attached hydrogens (tertiary/aromatic N) is 3. The van der Waals surface area contributed by atoms with Crippen molar-refractivity contribution in [2.45, 2.75) is 38.3 Å². The minimum absolute atomic E-state index is 0.670. The Kier molecular flexibility index (Phi) is 6.07. The summed E-state index contributed by atoms with van der Waals surface area (Å²) in [4.78, 5) is 6.75. The Morgan fingerprint density at radius 2 is 2.21 bits per heavy atom. The van der Waals surface area contributed by atoms with Crippen LogP contribution in [0.15, 0.2) is 49.1 Å². The van der Waals surface area contributed by atoms with Crippen LogP contribution < -0.4 is 4.74 Å². The van der Waals surface area contributed by atoms with Crippen LogP contribution in [0.3, 0.4) is 0 Å². The van der Waals surface area contributed by atoms with E-state index in [4.69, 9.17) is 4.74 Å². The number of hydrogen-bond acceptors (Lipinski definition) is 3. The van der Waals surface area contributed by atoms with Gasteiger partial charge in [0.05, 0.1) is 13.4 Å². The Bertz CT molecular complexity index is 636. The number of ether oxygens (including phenoxy) is 1. The van der Waals surface area contributed by atoms with Gasteiger partial charge in [-0.05, 0) is 31.9 Å². The number of imidazole rings is 1. The van der Waals surface area contributed by atoms with Crippen LogP contribution in [0.1, 0.15) is 31.2 Å². The first-order valence-electron chi connectivity index (χ1n) is 8.86. The number of aryl methyl sites for hydroxylation is 1. The molecule has 0 unspecified atom stereocenters. The van der Waals surface area contributed by atoms with Gasteiger partial charge in [-0.15, -0.1) is 0 Å². The molecule has 4 nitrogen and oxygen atoms in total. The van der Waals surface area contributed by atoms with Gasteiger partial charge in [-0.25, -0.2) is 4.98 Å². The normalized spacial score (nSPS) is 19.0. The van der Waals surface area contributed by atoms with Crippen LogP contribution >= 0.6 is 0 Å². The number of hydrogen-bond donors (Lipinski definition) is 0. The zero-order chi connectivity index (χ0) is 16.6. The fourth-order valence-corrected chi connectivity index (χ4v) is 3.46. The Morgan fingerprint density at radius 3 is 3.04 bits per heavy atom. The summed E-state index contributed by atoms with van der Waals surface area (Å²) in [6.07, 6.45) is 15.4. The molecule has 24 heavy (non-hydrogen) atoms. The Labute approximate surface area is 144 Å². The molecule has 0 aliphatic carbocycles. The maximum absolute atomic E-state index is 5.42. The number of rotatable bonds is 7. The van der Waals surface area contributed by atoms with E-state index in [1.807, 2.05) is 24.7 Å². The predicted molar refractivity (Wildman–Crippen MR) is 98.1 cm³/mol. The molecule has 3 rings (SSSR count). The summed E-state index contributed by atoms with van der Waals surface area (Å²) in [5.41, 5.74) is 1.15. The molecule has 4 heteroatoms. The van der Waals surface area contributed by atoms with Gasteiger partial charge >= 0.3 is 0 Å². The molecule has 0 radical (unpaired) electrons. The molecule has 0 bridgehead atoms. The molecule has 128 valence electrons. The van der Waals surface area contributed by atoms with Crippen molar-refractivity contribution >= 4 is 6.08 Å². The van der Waals surface area contributed by atoms with Crippen molar-refractivity contribution in [2.75, 3.05) is 20.2 Å². The summed E-state index contributed by atoms with van der Waals surface area (Å²) in [5, 5.41) is 0. The van der Waals surface area contributed by atoms with Crippen LogP contribution in [-0.4, -0.2) is 40.7 Å². The summed E-state index contributed by atoms with van der Waals surface area (Å²) in [7, 11) is 1.73. The quantitative estimate of drug-likeness (QED) is 0.774. The Hall–Kier alpha value is -2.07. The highest BCUT2D eigenvalue weighted by molar-refractivity contribution is 5.57. The molecule has 1 saturated heterocycles. The lowest BCUT2D eigenvalue weighted by atomic mass is 9.99. The second-order valence-electron chi connectivity index (χ2n) is 6.38. The fourth-order valence-electron chi connectivity index (χ4n) is 3.46. The van der Waals surface area contributed by atoms with Crippen LogP contribution in [0, 0.1) is 0 Å². The number of benzene rings is 1. The molecule has 0 amide bonds. The zero-order valence-electron chi connectivity index (χ0n) is 14.5. The third kappa shape index (κ3) is 4.48. The molecule has 1 aliphatic heterocycles. The van der Waals surface area contributed by atoms with E-state index in [0.717, 1.165) is 24.4 Å². The Morgan fingerprint density at radius 1 is 1.29 bits per heavy atom. The SMILES string of the molecule is COc1ccccc1/C=C/CN1CCCC[C@@H]1CCn1ccnc1.